The van der Waals surface area contributed by atoms with Crippen LogP contribution in [-0.2, 0) is 4.79 Å². The van der Waals surface area contributed by atoms with Gasteiger partial charge < -0.3 is 15.7 Å². The molecule has 1 aliphatic carbocycles. The fourth-order valence-corrected chi connectivity index (χ4v) is 2.22. The highest BCUT2D eigenvalue weighted by Gasteiger charge is 2.20. The highest BCUT2D eigenvalue weighted by Crippen LogP contribution is 2.23. The Morgan fingerprint density at radius 1 is 1.44 bits per heavy atom. The third-order valence-corrected chi connectivity index (χ3v) is 3.17. The summed E-state index contributed by atoms with van der Waals surface area (Å²) >= 11 is 0. The molecule has 3 N–H and O–H groups in total. The predicted molar refractivity (Wildman–Crippen MR) is 64.1 cm³/mol. The number of nitrogens with one attached hydrogen (secondary N) is 2. The molecule has 1 amide bonds. The number of hydrogen-bond acceptors (Lipinski definition) is 3. The molecule has 0 saturated heterocycles. The summed E-state index contributed by atoms with van der Waals surface area (Å²) < 4.78 is 0. The number of aliphatic hydroxyl groups is 1. The molecule has 0 aromatic heterocycles. The lowest BCUT2D eigenvalue weighted by Gasteiger charge is -2.25. The van der Waals surface area contributed by atoms with Crippen LogP contribution in [-0.4, -0.2) is 37.3 Å². The monoisotopic (exact) mass is 228 g/mol. The summed E-state index contributed by atoms with van der Waals surface area (Å²) in [6, 6.07) is 0. The number of hydrogen-bond donors (Lipinski definition) is 3. The van der Waals surface area contributed by atoms with Gasteiger partial charge in [0.25, 0.3) is 0 Å². The molecule has 4 heteroatoms. The Bertz CT molecular complexity index is 209. The lowest BCUT2D eigenvalue weighted by molar-refractivity contribution is -0.121. The molecule has 0 aliphatic heterocycles. The summed E-state index contributed by atoms with van der Waals surface area (Å²) in [5.41, 5.74) is 0. The van der Waals surface area contributed by atoms with Crippen LogP contribution in [0.3, 0.4) is 0 Å². The Morgan fingerprint density at radius 3 is 2.94 bits per heavy atom. The van der Waals surface area contributed by atoms with Gasteiger partial charge in [0.05, 0.1) is 6.10 Å². The van der Waals surface area contributed by atoms with Crippen LogP contribution in [0, 0.1) is 5.92 Å². The molecule has 2 atom stereocenters. The van der Waals surface area contributed by atoms with E-state index in [4.69, 9.17) is 0 Å². The lowest BCUT2D eigenvalue weighted by Crippen LogP contribution is -2.33. The molecule has 16 heavy (non-hydrogen) atoms. The Hall–Kier alpha value is -0.610. The van der Waals surface area contributed by atoms with E-state index in [-0.39, 0.29) is 12.0 Å². The van der Waals surface area contributed by atoms with Gasteiger partial charge in [-0.3, -0.25) is 4.79 Å². The zero-order valence-corrected chi connectivity index (χ0v) is 10.2. The molecule has 1 aliphatic rings. The molecule has 0 spiro atoms. The second-order valence-electron chi connectivity index (χ2n) is 4.70. The number of carbonyl (C=O) groups excluding carboxylic acids is 1. The lowest BCUT2D eigenvalue weighted by atomic mass is 9.87. The van der Waals surface area contributed by atoms with Crippen molar-refractivity contribution in [2.75, 3.05) is 20.1 Å². The van der Waals surface area contributed by atoms with Crippen LogP contribution in [0.15, 0.2) is 0 Å². The van der Waals surface area contributed by atoms with Gasteiger partial charge in [-0.1, -0.05) is 6.42 Å². The quantitative estimate of drug-likeness (QED) is 0.585. The molecule has 0 aromatic rings. The molecule has 0 aromatic carbocycles. The molecule has 0 bridgehead atoms. The first-order valence-electron chi connectivity index (χ1n) is 6.31. The number of rotatable bonds is 6. The van der Waals surface area contributed by atoms with Crippen LogP contribution in [0.1, 0.15) is 38.5 Å². The normalized spacial score (nSPS) is 25.4. The molecule has 4 nitrogen and oxygen atoms in total. The zero-order valence-electron chi connectivity index (χ0n) is 10.2. The van der Waals surface area contributed by atoms with Crippen molar-refractivity contribution in [1.29, 1.82) is 0 Å². The number of carbonyl (C=O) groups is 1. The highest BCUT2D eigenvalue weighted by molar-refractivity contribution is 5.75. The van der Waals surface area contributed by atoms with Crippen LogP contribution in [0.4, 0.5) is 0 Å². The first-order chi connectivity index (χ1) is 7.72. The van der Waals surface area contributed by atoms with Crippen LogP contribution in [0.25, 0.3) is 0 Å². The van der Waals surface area contributed by atoms with Gasteiger partial charge in [0.1, 0.15) is 0 Å². The minimum absolute atomic E-state index is 0.135. The predicted octanol–water partition coefficient (Wildman–Crippen LogP) is 0.653. The molecule has 1 fully saturated rings. The number of aliphatic hydroxyl groups excluding tert-OH is 1. The van der Waals surface area contributed by atoms with Crippen LogP contribution in [0.5, 0.6) is 0 Å². The first kappa shape index (κ1) is 13.5. The molecule has 1 saturated carbocycles. The average Bonchev–Trinajstić information content (AvgIpc) is 2.27. The molecule has 1 rings (SSSR count). The third kappa shape index (κ3) is 5.47. The molecule has 94 valence electrons. The third-order valence-electron chi connectivity index (χ3n) is 3.17. The number of amides is 1. The first-order valence-corrected chi connectivity index (χ1v) is 6.31. The second-order valence-corrected chi connectivity index (χ2v) is 4.70. The van der Waals surface area contributed by atoms with Crippen LogP contribution < -0.4 is 10.6 Å². The largest absolute Gasteiger partial charge is 0.393 e. The molecule has 2 unspecified atom stereocenters. The molecule has 0 heterocycles. The average molecular weight is 228 g/mol. The summed E-state index contributed by atoms with van der Waals surface area (Å²) in [5, 5.41) is 15.5. The van der Waals surface area contributed by atoms with Gasteiger partial charge in [0.2, 0.25) is 5.91 Å². The van der Waals surface area contributed by atoms with Gasteiger partial charge in [-0.05, 0) is 45.2 Å². The van der Waals surface area contributed by atoms with E-state index < -0.39 is 0 Å². The van der Waals surface area contributed by atoms with Crippen molar-refractivity contribution in [2.45, 2.75) is 44.6 Å². The van der Waals surface area contributed by atoms with Crippen molar-refractivity contribution in [3.63, 3.8) is 0 Å². The van der Waals surface area contributed by atoms with Crippen molar-refractivity contribution in [3.8, 4) is 0 Å². The van der Waals surface area contributed by atoms with E-state index in [0.717, 1.165) is 45.2 Å². The van der Waals surface area contributed by atoms with E-state index in [1.54, 1.807) is 0 Å². The van der Waals surface area contributed by atoms with Crippen LogP contribution >= 0.6 is 0 Å². The molecule has 0 radical (unpaired) electrons. The van der Waals surface area contributed by atoms with Gasteiger partial charge in [-0.15, -0.1) is 0 Å². The summed E-state index contributed by atoms with van der Waals surface area (Å²) in [6.45, 7) is 1.62. The van der Waals surface area contributed by atoms with Gasteiger partial charge >= 0.3 is 0 Å². The van der Waals surface area contributed by atoms with E-state index in [1.807, 2.05) is 7.05 Å². The van der Waals surface area contributed by atoms with Crippen LogP contribution in [0.2, 0.25) is 0 Å². The topological polar surface area (TPSA) is 61.4 Å². The maximum atomic E-state index is 11.4. The fourth-order valence-electron chi connectivity index (χ4n) is 2.22. The minimum atomic E-state index is -0.153. The Kier molecular flexibility index (Phi) is 6.42. The SMILES string of the molecule is CNCCCC(=O)NCC1CCCC(O)C1. The maximum Gasteiger partial charge on any atom is 0.220 e. The summed E-state index contributed by atoms with van der Waals surface area (Å²) in [7, 11) is 1.89. The van der Waals surface area contributed by atoms with Gasteiger partial charge in [-0.2, -0.15) is 0 Å². The Labute approximate surface area is 97.8 Å². The van der Waals surface area contributed by atoms with E-state index >= 15 is 0 Å². The van der Waals surface area contributed by atoms with Gasteiger partial charge in [0, 0.05) is 13.0 Å². The smallest absolute Gasteiger partial charge is 0.220 e. The van der Waals surface area contributed by atoms with Crippen molar-refractivity contribution in [1.82, 2.24) is 10.6 Å². The molecular weight excluding hydrogens is 204 g/mol. The second kappa shape index (κ2) is 7.63. The summed E-state index contributed by atoms with van der Waals surface area (Å²) in [6.07, 6.45) is 5.31. The Morgan fingerprint density at radius 2 is 2.25 bits per heavy atom. The maximum absolute atomic E-state index is 11.4. The minimum Gasteiger partial charge on any atom is -0.393 e. The van der Waals surface area contributed by atoms with Crippen molar-refractivity contribution in [3.05, 3.63) is 0 Å². The van der Waals surface area contributed by atoms with E-state index in [2.05, 4.69) is 10.6 Å². The summed E-state index contributed by atoms with van der Waals surface area (Å²) in [5.74, 6) is 0.604. The van der Waals surface area contributed by atoms with Gasteiger partial charge in [0.15, 0.2) is 0 Å². The van der Waals surface area contributed by atoms with E-state index in [9.17, 15) is 9.90 Å². The standard InChI is InChI=1S/C12H24N2O2/c1-13-7-3-6-12(16)14-9-10-4-2-5-11(15)8-10/h10-11,13,15H,2-9H2,1H3,(H,14,16). The van der Waals surface area contributed by atoms with Gasteiger partial charge in [-0.25, -0.2) is 0 Å². The summed E-state index contributed by atoms with van der Waals surface area (Å²) in [4.78, 5) is 11.4. The molecular formula is C12H24N2O2. The fraction of sp³-hybridized carbons (Fsp3) is 0.917. The zero-order chi connectivity index (χ0) is 11.8. The Balaban J connectivity index is 2.06. The van der Waals surface area contributed by atoms with Crippen molar-refractivity contribution < 1.29 is 9.90 Å². The van der Waals surface area contributed by atoms with Crippen molar-refractivity contribution in [2.24, 2.45) is 5.92 Å². The highest BCUT2D eigenvalue weighted by atomic mass is 16.3. The van der Waals surface area contributed by atoms with E-state index in [0.29, 0.717) is 12.3 Å². The van der Waals surface area contributed by atoms with E-state index in [1.165, 1.54) is 0 Å². The van der Waals surface area contributed by atoms with Crippen molar-refractivity contribution >= 4 is 5.91 Å².